The van der Waals surface area contributed by atoms with Crippen LogP contribution in [0.2, 0.25) is 0 Å². The Morgan fingerprint density at radius 1 is 1.33 bits per heavy atom. The Hall–Kier alpha value is -1.00. The van der Waals surface area contributed by atoms with Gasteiger partial charge in [0.25, 0.3) is 0 Å². The van der Waals surface area contributed by atoms with E-state index in [1.165, 1.54) is 12.1 Å². The van der Waals surface area contributed by atoms with Crippen LogP contribution in [-0.2, 0) is 5.60 Å². The van der Waals surface area contributed by atoms with E-state index in [-0.39, 0.29) is 11.6 Å². The maximum absolute atomic E-state index is 13.8. The third-order valence-corrected chi connectivity index (χ3v) is 4.11. The van der Waals surface area contributed by atoms with E-state index in [1.807, 2.05) is 6.92 Å². The van der Waals surface area contributed by atoms with E-state index in [0.717, 1.165) is 18.9 Å². The van der Waals surface area contributed by atoms with Crippen molar-refractivity contribution in [3.8, 4) is 0 Å². The van der Waals surface area contributed by atoms with E-state index >= 15 is 0 Å². The molecule has 1 aromatic carbocycles. The van der Waals surface area contributed by atoms with E-state index in [1.54, 1.807) is 0 Å². The minimum absolute atomic E-state index is 0.0949. The minimum atomic E-state index is -1.26. The summed E-state index contributed by atoms with van der Waals surface area (Å²) in [5.41, 5.74) is -1.16. The zero-order valence-electron chi connectivity index (χ0n) is 10.4. The van der Waals surface area contributed by atoms with Gasteiger partial charge in [-0.1, -0.05) is 12.1 Å². The molecule has 1 aliphatic heterocycles. The predicted molar refractivity (Wildman–Crippen MR) is 64.1 cm³/mol. The van der Waals surface area contributed by atoms with Gasteiger partial charge in [-0.3, -0.25) is 4.90 Å². The molecule has 2 fully saturated rings. The number of hydrogen-bond acceptors (Lipinski definition) is 2. The first-order valence-corrected chi connectivity index (χ1v) is 6.44. The maximum Gasteiger partial charge on any atom is 0.164 e. The van der Waals surface area contributed by atoms with Crippen molar-refractivity contribution in [1.82, 2.24) is 4.90 Å². The van der Waals surface area contributed by atoms with Crippen molar-refractivity contribution in [3.05, 3.63) is 35.4 Å². The van der Waals surface area contributed by atoms with Crippen molar-refractivity contribution in [2.45, 2.75) is 43.9 Å². The van der Waals surface area contributed by atoms with Gasteiger partial charge in [-0.2, -0.15) is 0 Å². The summed E-state index contributed by atoms with van der Waals surface area (Å²) < 4.78 is 27.1. The number of rotatable bonds is 2. The lowest BCUT2D eigenvalue weighted by Crippen LogP contribution is -2.34. The molecule has 0 aromatic heterocycles. The summed E-state index contributed by atoms with van der Waals surface area (Å²) >= 11 is 0. The molecule has 3 rings (SSSR count). The molecule has 4 heteroatoms. The first-order chi connectivity index (χ1) is 8.51. The Morgan fingerprint density at radius 3 is 2.72 bits per heavy atom. The number of halogens is 2. The Labute approximate surface area is 105 Å². The molecule has 0 bridgehead atoms. The molecule has 1 saturated carbocycles. The molecule has 0 radical (unpaired) electrons. The molecule has 0 amide bonds. The second-order valence-electron chi connectivity index (χ2n) is 5.59. The predicted octanol–water partition coefficient (Wildman–Crippen LogP) is 2.41. The number of aliphatic hydroxyl groups is 1. The van der Waals surface area contributed by atoms with E-state index in [0.29, 0.717) is 19.0 Å². The van der Waals surface area contributed by atoms with E-state index in [2.05, 4.69) is 4.90 Å². The fraction of sp³-hybridized carbons (Fsp3) is 0.571. The van der Waals surface area contributed by atoms with E-state index in [9.17, 15) is 13.9 Å². The van der Waals surface area contributed by atoms with Crippen molar-refractivity contribution in [3.63, 3.8) is 0 Å². The SMILES string of the molecule is CC1CC(O)(c2cccc(F)c2F)CN1C1CC1. The summed E-state index contributed by atoms with van der Waals surface area (Å²) in [5.74, 6) is -1.80. The van der Waals surface area contributed by atoms with Crippen LogP contribution in [-0.4, -0.2) is 28.6 Å². The van der Waals surface area contributed by atoms with Crippen LogP contribution in [0.5, 0.6) is 0 Å². The fourth-order valence-electron chi connectivity index (χ4n) is 3.08. The van der Waals surface area contributed by atoms with Crippen molar-refractivity contribution >= 4 is 0 Å². The minimum Gasteiger partial charge on any atom is -0.384 e. The molecule has 98 valence electrons. The molecule has 2 nitrogen and oxygen atoms in total. The van der Waals surface area contributed by atoms with Gasteiger partial charge in [0.2, 0.25) is 0 Å². The van der Waals surface area contributed by atoms with E-state index in [4.69, 9.17) is 0 Å². The lowest BCUT2D eigenvalue weighted by Gasteiger charge is -2.24. The number of nitrogens with zero attached hydrogens (tertiary/aromatic N) is 1. The summed E-state index contributed by atoms with van der Waals surface area (Å²) in [7, 11) is 0. The molecule has 0 spiro atoms. The topological polar surface area (TPSA) is 23.5 Å². The standard InChI is InChI=1S/C14H17F2NO/c1-9-7-14(18,8-17(9)10-5-6-10)11-3-2-4-12(15)13(11)16/h2-4,9-10,18H,5-8H2,1H3. The highest BCUT2D eigenvalue weighted by Gasteiger charge is 2.48. The van der Waals surface area contributed by atoms with E-state index < -0.39 is 17.2 Å². The number of likely N-dealkylation sites (tertiary alicyclic amines) is 1. The zero-order chi connectivity index (χ0) is 12.9. The Kier molecular flexibility index (Phi) is 2.68. The van der Waals surface area contributed by atoms with Gasteiger partial charge in [-0.15, -0.1) is 0 Å². The van der Waals surface area contributed by atoms with Gasteiger partial charge in [-0.05, 0) is 32.3 Å². The van der Waals surface area contributed by atoms with Gasteiger partial charge in [0.1, 0.15) is 5.60 Å². The van der Waals surface area contributed by atoms with Crippen LogP contribution in [0, 0.1) is 11.6 Å². The summed E-state index contributed by atoms with van der Waals surface area (Å²) in [4.78, 5) is 2.21. The van der Waals surface area contributed by atoms with Crippen LogP contribution in [0.4, 0.5) is 8.78 Å². The monoisotopic (exact) mass is 253 g/mol. The fourth-order valence-corrected chi connectivity index (χ4v) is 3.08. The molecule has 18 heavy (non-hydrogen) atoms. The molecule has 1 aromatic rings. The van der Waals surface area contributed by atoms with Crippen LogP contribution in [0.1, 0.15) is 31.7 Å². The smallest absolute Gasteiger partial charge is 0.164 e. The molecule has 2 atom stereocenters. The quantitative estimate of drug-likeness (QED) is 0.875. The highest BCUT2D eigenvalue weighted by atomic mass is 19.2. The van der Waals surface area contributed by atoms with Crippen molar-refractivity contribution in [2.75, 3.05) is 6.54 Å². The summed E-state index contributed by atoms with van der Waals surface area (Å²) in [6, 6.07) is 4.76. The van der Waals surface area contributed by atoms with Gasteiger partial charge in [0.15, 0.2) is 11.6 Å². The molecule has 2 aliphatic rings. The molecule has 1 heterocycles. The second kappa shape index (κ2) is 4.00. The molecular formula is C14H17F2NO. The maximum atomic E-state index is 13.8. The molecule has 1 aliphatic carbocycles. The molecule has 1 saturated heterocycles. The Balaban J connectivity index is 1.93. The summed E-state index contributed by atoms with van der Waals surface area (Å²) in [6.07, 6.45) is 2.75. The number of hydrogen-bond donors (Lipinski definition) is 1. The van der Waals surface area contributed by atoms with Gasteiger partial charge >= 0.3 is 0 Å². The average Bonchev–Trinajstić information content (AvgIpc) is 3.09. The van der Waals surface area contributed by atoms with Crippen molar-refractivity contribution in [1.29, 1.82) is 0 Å². The van der Waals surface area contributed by atoms with Crippen LogP contribution >= 0.6 is 0 Å². The van der Waals surface area contributed by atoms with Crippen molar-refractivity contribution in [2.24, 2.45) is 0 Å². The lowest BCUT2D eigenvalue weighted by atomic mass is 9.91. The Morgan fingerprint density at radius 2 is 2.06 bits per heavy atom. The van der Waals surface area contributed by atoms with Crippen LogP contribution in [0.15, 0.2) is 18.2 Å². The van der Waals surface area contributed by atoms with Gasteiger partial charge in [-0.25, -0.2) is 8.78 Å². The zero-order valence-corrected chi connectivity index (χ0v) is 10.4. The summed E-state index contributed by atoms with van der Waals surface area (Å²) in [5, 5.41) is 10.6. The molecular weight excluding hydrogens is 236 g/mol. The average molecular weight is 253 g/mol. The normalized spacial score (nSPS) is 33.0. The molecule has 2 unspecified atom stereocenters. The highest BCUT2D eigenvalue weighted by Crippen LogP contribution is 2.42. The van der Waals surface area contributed by atoms with Gasteiger partial charge in [0.05, 0.1) is 0 Å². The largest absolute Gasteiger partial charge is 0.384 e. The van der Waals surface area contributed by atoms with Gasteiger partial charge in [0, 0.05) is 24.2 Å². The summed E-state index contributed by atoms with van der Waals surface area (Å²) in [6.45, 7) is 2.44. The number of β-amino-alcohol motifs (C(OH)–C–C–N with tert-alkyl or cyclic N) is 1. The van der Waals surface area contributed by atoms with Crippen LogP contribution in [0.25, 0.3) is 0 Å². The number of benzene rings is 1. The third-order valence-electron chi connectivity index (χ3n) is 4.11. The second-order valence-corrected chi connectivity index (χ2v) is 5.59. The third kappa shape index (κ3) is 1.84. The molecule has 1 N–H and O–H groups in total. The highest BCUT2D eigenvalue weighted by molar-refractivity contribution is 5.28. The Bertz CT molecular complexity index is 475. The lowest BCUT2D eigenvalue weighted by molar-refractivity contribution is 0.0409. The van der Waals surface area contributed by atoms with Crippen LogP contribution in [0.3, 0.4) is 0 Å². The first kappa shape index (κ1) is 12.1. The first-order valence-electron chi connectivity index (χ1n) is 6.44. The van der Waals surface area contributed by atoms with Crippen molar-refractivity contribution < 1.29 is 13.9 Å². The van der Waals surface area contributed by atoms with Crippen LogP contribution < -0.4 is 0 Å². The van der Waals surface area contributed by atoms with Gasteiger partial charge < -0.3 is 5.11 Å².